The Morgan fingerprint density at radius 1 is 1.17 bits per heavy atom. The molecule has 1 aliphatic heterocycles. The van der Waals surface area contributed by atoms with Gasteiger partial charge in [0.05, 0.1) is 16.2 Å². The lowest BCUT2D eigenvalue weighted by Gasteiger charge is -2.13. The normalized spacial score (nSPS) is 17.0. The van der Waals surface area contributed by atoms with Crippen LogP contribution in [0.3, 0.4) is 0 Å². The van der Waals surface area contributed by atoms with Crippen LogP contribution in [0.5, 0.6) is 0 Å². The number of benzene rings is 2. The molecule has 0 aromatic heterocycles. The van der Waals surface area contributed by atoms with Crippen LogP contribution >= 0.6 is 11.8 Å². The third kappa shape index (κ3) is 4.32. The molecule has 6 heteroatoms. The average molecular weight is 407 g/mol. The lowest BCUT2D eigenvalue weighted by Crippen LogP contribution is -2.29. The van der Waals surface area contributed by atoms with Gasteiger partial charge in [-0.3, -0.25) is 9.69 Å². The van der Waals surface area contributed by atoms with E-state index in [-0.39, 0.29) is 11.5 Å². The summed E-state index contributed by atoms with van der Waals surface area (Å²) >= 11 is 1.30. The molecule has 1 fully saturated rings. The third-order valence-corrected chi connectivity index (χ3v) is 5.95. The van der Waals surface area contributed by atoms with Crippen LogP contribution < -0.4 is 0 Å². The number of nitrogens with zero attached hydrogens (tertiary/aromatic N) is 2. The second kappa shape index (κ2) is 8.49. The number of hydrogen-bond donors (Lipinski definition) is 1. The van der Waals surface area contributed by atoms with Crippen LogP contribution in [0.1, 0.15) is 34.0 Å². The van der Waals surface area contributed by atoms with Gasteiger partial charge < -0.3 is 5.11 Å². The van der Waals surface area contributed by atoms with E-state index in [4.69, 9.17) is 0 Å². The van der Waals surface area contributed by atoms with Gasteiger partial charge in [0.2, 0.25) is 0 Å². The maximum Gasteiger partial charge on any atom is 0.335 e. The first kappa shape index (κ1) is 20.6. The van der Waals surface area contributed by atoms with Crippen LogP contribution in [-0.2, 0) is 4.79 Å². The third-order valence-electron chi connectivity index (χ3n) is 4.77. The van der Waals surface area contributed by atoms with Gasteiger partial charge in [0.15, 0.2) is 5.17 Å². The molecule has 1 amide bonds. The summed E-state index contributed by atoms with van der Waals surface area (Å²) < 4.78 is 0. The predicted octanol–water partition coefficient (Wildman–Crippen LogP) is 5.18. The topological polar surface area (TPSA) is 70.0 Å². The summed E-state index contributed by atoms with van der Waals surface area (Å²) in [6, 6.07) is 12.5. The second-order valence-electron chi connectivity index (χ2n) is 6.81. The molecule has 148 valence electrons. The van der Waals surface area contributed by atoms with Gasteiger partial charge in [-0.15, -0.1) is 6.58 Å². The maximum atomic E-state index is 13.1. The van der Waals surface area contributed by atoms with Gasteiger partial charge in [0, 0.05) is 6.54 Å². The standard InChI is InChI=1S/C23H22N2O3S/c1-5-11-25-21(26)20(16(4)17-10-9-14(2)15(3)12-17)29-23(25)24-19-8-6-7-18(13-19)22(27)28/h5-10,12-13H,1,11H2,2-4H3,(H,27,28)/b20-16-,24-23?. The Labute approximate surface area is 174 Å². The number of carboxylic acids is 1. The summed E-state index contributed by atoms with van der Waals surface area (Å²) in [5, 5.41) is 9.70. The number of carbonyl (C=O) groups excluding carboxylic acids is 1. The van der Waals surface area contributed by atoms with Gasteiger partial charge in [-0.1, -0.05) is 30.3 Å². The van der Waals surface area contributed by atoms with E-state index in [9.17, 15) is 14.7 Å². The van der Waals surface area contributed by atoms with Crippen molar-refractivity contribution in [1.29, 1.82) is 0 Å². The molecule has 1 aliphatic rings. The zero-order chi connectivity index (χ0) is 21.1. The second-order valence-corrected chi connectivity index (χ2v) is 7.79. The molecule has 2 aromatic rings. The van der Waals surface area contributed by atoms with Crippen molar-refractivity contribution in [2.24, 2.45) is 4.99 Å². The lowest BCUT2D eigenvalue weighted by atomic mass is 10.0. The molecule has 0 saturated carbocycles. The lowest BCUT2D eigenvalue weighted by molar-refractivity contribution is -0.121. The van der Waals surface area contributed by atoms with E-state index < -0.39 is 5.97 Å². The fourth-order valence-electron chi connectivity index (χ4n) is 2.93. The molecule has 1 N–H and O–H groups in total. The van der Waals surface area contributed by atoms with Gasteiger partial charge in [-0.25, -0.2) is 9.79 Å². The van der Waals surface area contributed by atoms with Gasteiger partial charge in [0.25, 0.3) is 5.91 Å². The number of aryl methyl sites for hydroxylation is 2. The molecule has 1 heterocycles. The first-order valence-corrected chi connectivity index (χ1v) is 9.94. The van der Waals surface area contributed by atoms with Crippen molar-refractivity contribution in [1.82, 2.24) is 4.90 Å². The van der Waals surface area contributed by atoms with E-state index in [0.29, 0.717) is 22.3 Å². The Hall–Kier alpha value is -3.12. The number of aromatic carboxylic acids is 1. The van der Waals surface area contributed by atoms with Crippen LogP contribution in [0, 0.1) is 13.8 Å². The summed E-state index contributed by atoms with van der Waals surface area (Å²) in [5.41, 5.74) is 4.89. The molecule has 2 aromatic carbocycles. The molecule has 5 nitrogen and oxygen atoms in total. The number of amidine groups is 1. The Kier molecular flexibility index (Phi) is 6.03. The molecule has 0 radical (unpaired) electrons. The number of amides is 1. The molecule has 0 bridgehead atoms. The van der Waals surface area contributed by atoms with E-state index in [2.05, 4.69) is 24.6 Å². The minimum Gasteiger partial charge on any atom is -0.478 e. The Bertz CT molecular complexity index is 1070. The van der Waals surface area contributed by atoms with Gasteiger partial charge >= 0.3 is 5.97 Å². The van der Waals surface area contributed by atoms with Crippen molar-refractivity contribution in [3.05, 3.63) is 82.3 Å². The number of carboxylic acid groups (broad SMARTS) is 1. The molecule has 0 atom stereocenters. The van der Waals surface area contributed by atoms with E-state index in [1.54, 1.807) is 23.1 Å². The van der Waals surface area contributed by atoms with Crippen LogP contribution in [0.4, 0.5) is 5.69 Å². The number of hydrogen-bond acceptors (Lipinski definition) is 4. The summed E-state index contributed by atoms with van der Waals surface area (Å²) in [5.74, 6) is -1.14. The maximum absolute atomic E-state index is 13.1. The fourth-order valence-corrected chi connectivity index (χ4v) is 4.00. The number of allylic oxidation sites excluding steroid dienone is 1. The van der Waals surface area contributed by atoms with E-state index in [1.165, 1.54) is 35.0 Å². The van der Waals surface area contributed by atoms with Crippen molar-refractivity contribution >= 4 is 40.1 Å². The van der Waals surface area contributed by atoms with Gasteiger partial charge in [-0.2, -0.15) is 0 Å². The molecule has 29 heavy (non-hydrogen) atoms. The molecular formula is C23H22N2O3S. The van der Waals surface area contributed by atoms with Gasteiger partial charge in [0.1, 0.15) is 0 Å². The molecular weight excluding hydrogens is 384 g/mol. The molecule has 1 saturated heterocycles. The van der Waals surface area contributed by atoms with Crippen molar-refractivity contribution < 1.29 is 14.7 Å². The highest BCUT2D eigenvalue weighted by molar-refractivity contribution is 8.18. The van der Waals surface area contributed by atoms with Crippen molar-refractivity contribution in [2.75, 3.05) is 6.54 Å². The Morgan fingerprint density at radius 3 is 2.59 bits per heavy atom. The van der Waals surface area contributed by atoms with Crippen molar-refractivity contribution in [2.45, 2.75) is 20.8 Å². The Balaban J connectivity index is 2.04. The summed E-state index contributed by atoms with van der Waals surface area (Å²) in [6.45, 7) is 10.1. The van der Waals surface area contributed by atoms with Crippen LogP contribution in [0.15, 0.2) is 65.0 Å². The zero-order valence-corrected chi connectivity index (χ0v) is 17.4. The van der Waals surface area contributed by atoms with E-state index >= 15 is 0 Å². The van der Waals surface area contributed by atoms with E-state index in [0.717, 1.165) is 11.1 Å². The smallest absolute Gasteiger partial charge is 0.335 e. The highest BCUT2D eigenvalue weighted by Gasteiger charge is 2.34. The Morgan fingerprint density at radius 2 is 1.93 bits per heavy atom. The van der Waals surface area contributed by atoms with Gasteiger partial charge in [-0.05, 0) is 73.0 Å². The first-order chi connectivity index (χ1) is 13.8. The van der Waals surface area contributed by atoms with Crippen LogP contribution in [-0.4, -0.2) is 33.6 Å². The van der Waals surface area contributed by atoms with Crippen molar-refractivity contribution in [3.8, 4) is 0 Å². The highest BCUT2D eigenvalue weighted by Crippen LogP contribution is 2.38. The summed E-state index contributed by atoms with van der Waals surface area (Å²) in [4.78, 5) is 31.0. The molecule has 0 unspecified atom stereocenters. The first-order valence-electron chi connectivity index (χ1n) is 9.13. The zero-order valence-electron chi connectivity index (χ0n) is 16.6. The summed E-state index contributed by atoms with van der Waals surface area (Å²) in [7, 11) is 0. The fraction of sp³-hybridized carbons (Fsp3) is 0.174. The summed E-state index contributed by atoms with van der Waals surface area (Å²) in [6.07, 6.45) is 1.65. The minimum atomic E-state index is -1.02. The number of carbonyl (C=O) groups is 2. The molecule has 0 aliphatic carbocycles. The van der Waals surface area contributed by atoms with Crippen LogP contribution in [0.2, 0.25) is 0 Å². The van der Waals surface area contributed by atoms with Crippen molar-refractivity contribution in [3.63, 3.8) is 0 Å². The molecule has 0 spiro atoms. The molecule has 3 rings (SSSR count). The predicted molar refractivity (Wildman–Crippen MR) is 119 cm³/mol. The number of rotatable bonds is 5. The van der Waals surface area contributed by atoms with Crippen LogP contribution in [0.25, 0.3) is 5.57 Å². The van der Waals surface area contributed by atoms with E-state index in [1.807, 2.05) is 26.0 Å². The minimum absolute atomic E-state index is 0.126. The largest absolute Gasteiger partial charge is 0.478 e. The number of aliphatic imine (C=N–C) groups is 1. The highest BCUT2D eigenvalue weighted by atomic mass is 32.2. The monoisotopic (exact) mass is 406 g/mol. The quantitative estimate of drug-likeness (QED) is 0.548. The average Bonchev–Trinajstić information content (AvgIpc) is 2.99. The number of thioether (sulfide) groups is 1. The SMILES string of the molecule is C=CCN1C(=O)/C(=C(\C)c2ccc(C)c(C)c2)SC1=Nc1cccc(C(=O)O)c1.